The maximum absolute atomic E-state index is 10.1. The second kappa shape index (κ2) is 2.46. The molecule has 0 aromatic rings. The van der Waals surface area contributed by atoms with Crippen molar-refractivity contribution in [1.82, 2.24) is 0 Å². The van der Waals surface area contributed by atoms with Crippen LogP contribution in [0.5, 0.6) is 0 Å². The van der Waals surface area contributed by atoms with Crippen LogP contribution in [-0.2, 0) is 0 Å². The van der Waals surface area contributed by atoms with Crippen molar-refractivity contribution in [3.8, 4) is 0 Å². The molecule has 2 heteroatoms. The smallest absolute Gasteiger partial charge is 0.0710 e. The fourth-order valence-corrected chi connectivity index (χ4v) is 1.40. The minimum absolute atomic E-state index is 0.145. The molecule has 66 valence electrons. The maximum Gasteiger partial charge on any atom is 0.0710 e. The second-order valence-corrected chi connectivity index (χ2v) is 4.51. The van der Waals surface area contributed by atoms with Crippen LogP contribution < -0.4 is 5.73 Å². The van der Waals surface area contributed by atoms with E-state index in [0.717, 1.165) is 12.8 Å². The molecule has 1 aliphatic rings. The van der Waals surface area contributed by atoms with Crippen molar-refractivity contribution in [3.63, 3.8) is 0 Å². The van der Waals surface area contributed by atoms with E-state index in [9.17, 15) is 5.11 Å². The van der Waals surface area contributed by atoms with Gasteiger partial charge in [-0.1, -0.05) is 13.8 Å². The molecule has 0 aromatic heterocycles. The van der Waals surface area contributed by atoms with E-state index in [1.165, 1.54) is 0 Å². The van der Waals surface area contributed by atoms with Crippen molar-refractivity contribution in [1.29, 1.82) is 0 Å². The maximum atomic E-state index is 10.1. The summed E-state index contributed by atoms with van der Waals surface area (Å²) in [6.07, 6.45) is 2.33. The zero-order valence-corrected chi connectivity index (χ0v) is 7.72. The van der Waals surface area contributed by atoms with Crippen LogP contribution in [0.1, 0.15) is 33.6 Å². The summed E-state index contributed by atoms with van der Waals surface area (Å²) in [6.45, 7) is 6.53. The molecule has 0 radical (unpaired) electrons. The van der Waals surface area contributed by atoms with Crippen LogP contribution in [0.3, 0.4) is 0 Å². The van der Waals surface area contributed by atoms with Gasteiger partial charge in [-0.15, -0.1) is 0 Å². The third-order valence-corrected chi connectivity index (χ3v) is 3.25. The predicted molar refractivity (Wildman–Crippen MR) is 46.2 cm³/mol. The van der Waals surface area contributed by atoms with Gasteiger partial charge in [0.05, 0.1) is 5.60 Å². The molecule has 1 rings (SSSR count). The summed E-state index contributed by atoms with van der Waals surface area (Å²) < 4.78 is 0. The van der Waals surface area contributed by atoms with Crippen LogP contribution in [0.25, 0.3) is 0 Å². The first-order valence-electron chi connectivity index (χ1n) is 4.34. The molecular formula is C9H19NO. The average Bonchev–Trinajstić information content (AvgIpc) is 2.68. The summed E-state index contributed by atoms with van der Waals surface area (Å²) in [6, 6.07) is 0. The van der Waals surface area contributed by atoms with Crippen LogP contribution in [0.4, 0.5) is 0 Å². The summed E-state index contributed by atoms with van der Waals surface area (Å²) in [7, 11) is 0. The van der Waals surface area contributed by atoms with Gasteiger partial charge < -0.3 is 10.8 Å². The minimum Gasteiger partial charge on any atom is -0.389 e. The van der Waals surface area contributed by atoms with E-state index in [4.69, 9.17) is 5.73 Å². The third-order valence-electron chi connectivity index (χ3n) is 3.25. The molecule has 11 heavy (non-hydrogen) atoms. The highest BCUT2D eigenvalue weighted by atomic mass is 16.3. The topological polar surface area (TPSA) is 46.2 Å². The Morgan fingerprint density at radius 3 is 2.09 bits per heavy atom. The highest BCUT2D eigenvalue weighted by Crippen LogP contribution is 2.47. The quantitative estimate of drug-likeness (QED) is 0.645. The number of nitrogens with two attached hydrogens (primary N) is 1. The van der Waals surface area contributed by atoms with E-state index >= 15 is 0 Å². The predicted octanol–water partition coefficient (Wildman–Crippen LogP) is 1.13. The van der Waals surface area contributed by atoms with Gasteiger partial charge in [0, 0.05) is 12.0 Å². The van der Waals surface area contributed by atoms with Crippen molar-refractivity contribution in [2.24, 2.45) is 17.1 Å². The van der Waals surface area contributed by atoms with Crippen LogP contribution in [0, 0.1) is 11.3 Å². The fourth-order valence-electron chi connectivity index (χ4n) is 1.40. The average molecular weight is 157 g/mol. The molecule has 3 N–H and O–H groups in total. The van der Waals surface area contributed by atoms with Gasteiger partial charge in [-0.3, -0.25) is 0 Å². The van der Waals surface area contributed by atoms with E-state index in [2.05, 4.69) is 0 Å². The number of hydrogen-bond acceptors (Lipinski definition) is 2. The summed E-state index contributed by atoms with van der Waals surface area (Å²) in [5, 5.41) is 10.1. The van der Waals surface area contributed by atoms with Gasteiger partial charge in [0.25, 0.3) is 0 Å². The van der Waals surface area contributed by atoms with Gasteiger partial charge in [0.1, 0.15) is 0 Å². The van der Waals surface area contributed by atoms with E-state index in [0.29, 0.717) is 12.5 Å². The zero-order chi connectivity index (χ0) is 8.70. The van der Waals surface area contributed by atoms with Crippen LogP contribution in [-0.4, -0.2) is 17.3 Å². The van der Waals surface area contributed by atoms with Crippen molar-refractivity contribution < 1.29 is 5.11 Å². The first-order chi connectivity index (χ1) is 4.92. The standard InChI is InChI=1S/C9H19NO/c1-8(2,6-10)9(3,11)7-4-5-7/h7,11H,4-6,10H2,1-3H3. The van der Waals surface area contributed by atoms with Crippen molar-refractivity contribution in [2.45, 2.75) is 39.2 Å². The lowest BCUT2D eigenvalue weighted by molar-refractivity contribution is -0.0648. The third kappa shape index (κ3) is 1.42. The molecule has 0 spiro atoms. The molecule has 0 amide bonds. The van der Waals surface area contributed by atoms with Crippen LogP contribution >= 0.6 is 0 Å². The molecule has 1 fully saturated rings. The first-order valence-corrected chi connectivity index (χ1v) is 4.34. The number of aliphatic hydroxyl groups is 1. The van der Waals surface area contributed by atoms with Gasteiger partial charge in [-0.25, -0.2) is 0 Å². The Kier molecular flexibility index (Phi) is 2.01. The van der Waals surface area contributed by atoms with Gasteiger partial charge in [0.15, 0.2) is 0 Å². The zero-order valence-electron chi connectivity index (χ0n) is 7.72. The monoisotopic (exact) mass is 157 g/mol. The molecule has 2 nitrogen and oxygen atoms in total. The SMILES string of the molecule is CC(C)(CN)C(C)(O)C1CC1. The highest BCUT2D eigenvalue weighted by Gasteiger charge is 2.49. The molecule has 1 aliphatic carbocycles. The molecule has 0 aromatic carbocycles. The Balaban J connectivity index is 2.68. The summed E-state index contributed by atoms with van der Waals surface area (Å²) >= 11 is 0. The molecule has 0 saturated heterocycles. The summed E-state index contributed by atoms with van der Waals surface area (Å²) in [5.41, 5.74) is 4.89. The Morgan fingerprint density at radius 2 is 1.82 bits per heavy atom. The van der Waals surface area contributed by atoms with Crippen LogP contribution in [0.15, 0.2) is 0 Å². The normalized spacial score (nSPS) is 24.8. The Labute approximate surface area is 68.8 Å². The van der Waals surface area contributed by atoms with Gasteiger partial charge in [-0.05, 0) is 25.7 Å². The largest absolute Gasteiger partial charge is 0.389 e. The minimum atomic E-state index is -0.568. The molecule has 0 bridgehead atoms. The lowest BCUT2D eigenvalue weighted by Gasteiger charge is -2.39. The lowest BCUT2D eigenvalue weighted by Crippen LogP contribution is -2.48. The van der Waals surface area contributed by atoms with Crippen molar-refractivity contribution in [2.75, 3.05) is 6.54 Å². The molecule has 0 aliphatic heterocycles. The molecule has 0 heterocycles. The first kappa shape index (κ1) is 9.01. The number of hydrogen-bond donors (Lipinski definition) is 2. The highest BCUT2D eigenvalue weighted by molar-refractivity contribution is 5.00. The molecule has 1 saturated carbocycles. The summed E-state index contributed by atoms with van der Waals surface area (Å²) in [5.74, 6) is 0.487. The Hall–Kier alpha value is -0.0800. The Morgan fingerprint density at radius 1 is 1.36 bits per heavy atom. The number of rotatable bonds is 3. The van der Waals surface area contributed by atoms with Crippen molar-refractivity contribution in [3.05, 3.63) is 0 Å². The van der Waals surface area contributed by atoms with Crippen molar-refractivity contribution >= 4 is 0 Å². The molecule has 1 atom stereocenters. The van der Waals surface area contributed by atoms with E-state index < -0.39 is 5.60 Å². The summed E-state index contributed by atoms with van der Waals surface area (Å²) in [4.78, 5) is 0. The van der Waals surface area contributed by atoms with Gasteiger partial charge in [0.2, 0.25) is 0 Å². The van der Waals surface area contributed by atoms with Crippen LogP contribution in [0.2, 0.25) is 0 Å². The second-order valence-electron chi connectivity index (χ2n) is 4.51. The van der Waals surface area contributed by atoms with E-state index in [1.54, 1.807) is 0 Å². The van der Waals surface area contributed by atoms with E-state index in [-0.39, 0.29) is 5.41 Å². The lowest BCUT2D eigenvalue weighted by atomic mass is 9.73. The van der Waals surface area contributed by atoms with Gasteiger partial charge in [-0.2, -0.15) is 0 Å². The Bertz CT molecular complexity index is 148. The van der Waals surface area contributed by atoms with E-state index in [1.807, 2.05) is 20.8 Å². The fraction of sp³-hybridized carbons (Fsp3) is 1.00. The molecule has 1 unspecified atom stereocenters. The van der Waals surface area contributed by atoms with Gasteiger partial charge >= 0.3 is 0 Å². The molecular weight excluding hydrogens is 138 g/mol.